The normalized spacial score (nSPS) is 24.1. The van der Waals surface area contributed by atoms with Crippen molar-refractivity contribution in [3.05, 3.63) is 24.3 Å². The smallest absolute Gasteiger partial charge is 0.251 e. The molecule has 1 atom stereocenters. The number of carbonyl (C=O) groups is 2. The average Bonchev–Trinajstić information content (AvgIpc) is 2.83. The van der Waals surface area contributed by atoms with E-state index in [-0.39, 0.29) is 24.3 Å². The number of hydrogen-bond acceptors (Lipinski definition) is 4. The Kier molecular flexibility index (Phi) is 4.16. The predicted octanol–water partition coefficient (Wildman–Crippen LogP) is 2.06. The maximum absolute atomic E-state index is 12.7. The fourth-order valence-electron chi connectivity index (χ4n) is 3.26. The van der Waals surface area contributed by atoms with E-state index in [1.807, 2.05) is 0 Å². The molecule has 0 bridgehead atoms. The number of piperidine rings is 1. The second kappa shape index (κ2) is 6.08. The van der Waals surface area contributed by atoms with E-state index in [9.17, 15) is 9.59 Å². The van der Waals surface area contributed by atoms with Crippen LogP contribution in [0.25, 0.3) is 0 Å². The molecule has 0 N–H and O–H groups in total. The van der Waals surface area contributed by atoms with Gasteiger partial charge < -0.3 is 4.74 Å². The van der Waals surface area contributed by atoms with Crippen LogP contribution >= 0.6 is 0 Å². The van der Waals surface area contributed by atoms with Crippen LogP contribution in [0.4, 0.5) is 5.69 Å². The van der Waals surface area contributed by atoms with Gasteiger partial charge in [-0.3, -0.25) is 14.5 Å². The van der Waals surface area contributed by atoms with Crippen LogP contribution in [-0.4, -0.2) is 43.0 Å². The summed E-state index contributed by atoms with van der Waals surface area (Å²) < 4.78 is 5.18. The summed E-state index contributed by atoms with van der Waals surface area (Å²) in [6.45, 7) is 4.04. The molecule has 0 saturated carbocycles. The maximum atomic E-state index is 12.7. The van der Waals surface area contributed by atoms with Gasteiger partial charge in [-0.05, 0) is 44.0 Å². The van der Waals surface area contributed by atoms with Crippen molar-refractivity contribution >= 4 is 17.5 Å². The van der Waals surface area contributed by atoms with Gasteiger partial charge in [0.05, 0.1) is 25.3 Å². The van der Waals surface area contributed by atoms with E-state index in [1.54, 1.807) is 31.4 Å². The summed E-state index contributed by atoms with van der Waals surface area (Å²) in [5, 5.41) is 0. The van der Waals surface area contributed by atoms with E-state index in [0.717, 1.165) is 25.9 Å². The number of methoxy groups -OCH3 is 1. The fraction of sp³-hybridized carbons (Fsp3) is 0.529. The zero-order valence-electron chi connectivity index (χ0n) is 13.1. The minimum absolute atomic E-state index is 0.104. The number of hydrogen-bond donors (Lipinski definition) is 0. The van der Waals surface area contributed by atoms with Gasteiger partial charge in [-0.25, -0.2) is 4.90 Å². The third-order valence-electron chi connectivity index (χ3n) is 4.69. The molecule has 1 aromatic carbocycles. The third kappa shape index (κ3) is 2.73. The van der Waals surface area contributed by atoms with Gasteiger partial charge in [-0.15, -0.1) is 0 Å². The standard InChI is InChI=1S/C17H22N2O3/c1-12-6-8-18(9-7-12)15-11-16(20)19(17(15)21)13-4-3-5-14(10-13)22-2/h3-5,10,12,15H,6-9,11H2,1-2H3/t15-/m0/s1. The summed E-state index contributed by atoms with van der Waals surface area (Å²) in [5.41, 5.74) is 0.599. The van der Waals surface area contributed by atoms with Gasteiger partial charge in [0.2, 0.25) is 5.91 Å². The molecule has 0 unspecified atom stereocenters. The van der Waals surface area contributed by atoms with Crippen molar-refractivity contribution < 1.29 is 14.3 Å². The summed E-state index contributed by atoms with van der Waals surface area (Å²) in [6.07, 6.45) is 2.47. The highest BCUT2D eigenvalue weighted by molar-refractivity contribution is 6.22. The van der Waals surface area contributed by atoms with Crippen LogP contribution in [0.15, 0.2) is 24.3 Å². The molecule has 1 aromatic rings. The Morgan fingerprint density at radius 2 is 1.91 bits per heavy atom. The molecule has 2 aliphatic heterocycles. The number of ether oxygens (including phenoxy) is 1. The number of nitrogens with zero attached hydrogens (tertiary/aromatic N) is 2. The van der Waals surface area contributed by atoms with Crippen molar-refractivity contribution in [3.63, 3.8) is 0 Å². The quantitative estimate of drug-likeness (QED) is 0.802. The summed E-state index contributed by atoms with van der Waals surface area (Å²) in [4.78, 5) is 28.5. The Hall–Kier alpha value is -1.88. The maximum Gasteiger partial charge on any atom is 0.251 e. The highest BCUT2D eigenvalue weighted by Crippen LogP contribution is 2.30. The highest BCUT2D eigenvalue weighted by atomic mass is 16.5. The van der Waals surface area contributed by atoms with E-state index in [4.69, 9.17) is 4.74 Å². The van der Waals surface area contributed by atoms with E-state index >= 15 is 0 Å². The summed E-state index contributed by atoms with van der Waals surface area (Å²) in [6, 6.07) is 6.81. The van der Waals surface area contributed by atoms with E-state index in [2.05, 4.69) is 11.8 Å². The molecule has 2 fully saturated rings. The molecule has 0 aromatic heterocycles. The first-order valence-electron chi connectivity index (χ1n) is 7.85. The van der Waals surface area contributed by atoms with E-state index in [0.29, 0.717) is 17.4 Å². The number of amides is 2. The summed E-state index contributed by atoms with van der Waals surface area (Å²) in [7, 11) is 1.57. The lowest BCUT2D eigenvalue weighted by molar-refractivity contribution is -0.123. The monoisotopic (exact) mass is 302 g/mol. The second-order valence-corrected chi connectivity index (χ2v) is 6.21. The lowest BCUT2D eigenvalue weighted by Crippen LogP contribution is -2.45. The Morgan fingerprint density at radius 3 is 2.59 bits per heavy atom. The van der Waals surface area contributed by atoms with Crippen LogP contribution < -0.4 is 9.64 Å². The van der Waals surface area contributed by atoms with Gasteiger partial charge in [0.15, 0.2) is 0 Å². The van der Waals surface area contributed by atoms with Crippen molar-refractivity contribution in [2.24, 2.45) is 5.92 Å². The van der Waals surface area contributed by atoms with Crippen molar-refractivity contribution in [3.8, 4) is 5.75 Å². The number of likely N-dealkylation sites (tertiary alicyclic amines) is 1. The van der Waals surface area contributed by atoms with Crippen molar-refractivity contribution in [1.82, 2.24) is 4.90 Å². The van der Waals surface area contributed by atoms with Gasteiger partial charge in [0, 0.05) is 6.07 Å². The summed E-state index contributed by atoms with van der Waals surface area (Å²) in [5.74, 6) is 1.13. The average molecular weight is 302 g/mol. The van der Waals surface area contributed by atoms with Gasteiger partial charge in [-0.1, -0.05) is 13.0 Å². The summed E-state index contributed by atoms with van der Waals surface area (Å²) >= 11 is 0. The van der Waals surface area contributed by atoms with Crippen molar-refractivity contribution in [2.45, 2.75) is 32.2 Å². The fourth-order valence-corrected chi connectivity index (χ4v) is 3.26. The molecule has 2 saturated heterocycles. The predicted molar refractivity (Wildman–Crippen MR) is 83.9 cm³/mol. The molecule has 0 spiro atoms. The molecule has 2 amide bonds. The first kappa shape index (κ1) is 15.0. The molecule has 2 aliphatic rings. The molecule has 2 heterocycles. The Balaban J connectivity index is 1.79. The van der Waals surface area contributed by atoms with Crippen LogP contribution in [0.1, 0.15) is 26.2 Å². The van der Waals surface area contributed by atoms with Gasteiger partial charge in [0.25, 0.3) is 5.91 Å². The first-order valence-corrected chi connectivity index (χ1v) is 7.85. The van der Waals surface area contributed by atoms with Crippen molar-refractivity contribution in [2.75, 3.05) is 25.1 Å². The molecular weight excluding hydrogens is 280 g/mol. The minimum Gasteiger partial charge on any atom is -0.497 e. The molecule has 5 nitrogen and oxygen atoms in total. The Labute approximate surface area is 130 Å². The third-order valence-corrected chi connectivity index (χ3v) is 4.69. The van der Waals surface area contributed by atoms with E-state index in [1.165, 1.54) is 4.90 Å². The molecular formula is C17H22N2O3. The zero-order chi connectivity index (χ0) is 15.7. The number of imide groups is 1. The zero-order valence-corrected chi connectivity index (χ0v) is 13.1. The molecule has 22 heavy (non-hydrogen) atoms. The molecule has 0 radical (unpaired) electrons. The minimum atomic E-state index is -0.300. The molecule has 5 heteroatoms. The number of rotatable bonds is 3. The van der Waals surface area contributed by atoms with E-state index < -0.39 is 0 Å². The molecule has 3 rings (SSSR count). The number of carbonyl (C=O) groups excluding carboxylic acids is 2. The topological polar surface area (TPSA) is 49.9 Å². The molecule has 118 valence electrons. The van der Waals surface area contributed by atoms with Crippen LogP contribution in [0.2, 0.25) is 0 Å². The van der Waals surface area contributed by atoms with Crippen molar-refractivity contribution in [1.29, 1.82) is 0 Å². The van der Waals surface area contributed by atoms with Gasteiger partial charge in [0.1, 0.15) is 5.75 Å². The van der Waals surface area contributed by atoms with Crippen LogP contribution in [-0.2, 0) is 9.59 Å². The van der Waals surface area contributed by atoms with Crippen LogP contribution in [0, 0.1) is 5.92 Å². The van der Waals surface area contributed by atoms with Crippen LogP contribution in [0.5, 0.6) is 5.75 Å². The number of benzene rings is 1. The number of anilines is 1. The Morgan fingerprint density at radius 1 is 1.18 bits per heavy atom. The Bertz CT molecular complexity index is 579. The van der Waals surface area contributed by atoms with Gasteiger partial charge >= 0.3 is 0 Å². The second-order valence-electron chi connectivity index (χ2n) is 6.21. The molecule has 0 aliphatic carbocycles. The lowest BCUT2D eigenvalue weighted by Gasteiger charge is -2.33. The first-order chi connectivity index (χ1) is 10.6. The van der Waals surface area contributed by atoms with Crippen LogP contribution in [0.3, 0.4) is 0 Å². The highest BCUT2D eigenvalue weighted by Gasteiger charge is 2.43. The largest absolute Gasteiger partial charge is 0.497 e. The lowest BCUT2D eigenvalue weighted by atomic mass is 9.97. The SMILES string of the molecule is COc1cccc(N2C(=O)C[C@H](N3CCC(C)CC3)C2=O)c1. The van der Waals surface area contributed by atoms with Gasteiger partial charge in [-0.2, -0.15) is 0 Å².